The van der Waals surface area contributed by atoms with Gasteiger partial charge in [0.2, 0.25) is 0 Å². The average molecular weight is 171 g/mol. The molecule has 0 aromatic carbocycles. The van der Waals surface area contributed by atoms with E-state index < -0.39 is 6.04 Å². The van der Waals surface area contributed by atoms with Crippen molar-refractivity contribution < 1.29 is 9.53 Å². The molecule has 0 aromatic rings. The number of hydrogen-bond donors (Lipinski definition) is 1. The van der Waals surface area contributed by atoms with E-state index in [9.17, 15) is 4.79 Å². The Morgan fingerprint density at radius 3 is 2.67 bits per heavy atom. The van der Waals surface area contributed by atoms with Crippen LogP contribution in [0.3, 0.4) is 0 Å². The van der Waals surface area contributed by atoms with Crippen molar-refractivity contribution in [2.24, 2.45) is 17.6 Å². The van der Waals surface area contributed by atoms with E-state index in [-0.39, 0.29) is 5.97 Å². The zero-order chi connectivity index (χ0) is 9.14. The van der Waals surface area contributed by atoms with Crippen molar-refractivity contribution in [3.05, 3.63) is 0 Å². The Morgan fingerprint density at radius 1 is 1.67 bits per heavy atom. The first kappa shape index (κ1) is 9.52. The molecule has 2 unspecified atom stereocenters. The molecule has 0 spiro atoms. The van der Waals surface area contributed by atoms with Gasteiger partial charge in [0.05, 0.1) is 7.11 Å². The number of nitrogens with two attached hydrogens (primary N) is 1. The zero-order valence-electron chi connectivity index (χ0n) is 7.75. The summed E-state index contributed by atoms with van der Waals surface area (Å²) in [4.78, 5) is 10.9. The number of rotatable bonds is 4. The van der Waals surface area contributed by atoms with E-state index in [1.165, 1.54) is 20.0 Å². The van der Waals surface area contributed by atoms with Crippen LogP contribution in [-0.2, 0) is 9.53 Å². The maximum Gasteiger partial charge on any atom is 0.322 e. The summed E-state index contributed by atoms with van der Waals surface area (Å²) in [6.45, 7) is 2.15. The van der Waals surface area contributed by atoms with Crippen molar-refractivity contribution in [3.8, 4) is 0 Å². The molecule has 1 rings (SSSR count). The van der Waals surface area contributed by atoms with Crippen LogP contribution in [0.25, 0.3) is 0 Å². The van der Waals surface area contributed by atoms with Crippen LogP contribution in [0.4, 0.5) is 0 Å². The Balaban J connectivity index is 2.23. The standard InChI is InChI=1S/C9H17NO2/c1-6(7-3-4-7)5-8(10)9(11)12-2/h6-8H,3-5,10H2,1-2H3. The first-order chi connectivity index (χ1) is 5.65. The van der Waals surface area contributed by atoms with Gasteiger partial charge in [0.25, 0.3) is 0 Å². The lowest BCUT2D eigenvalue weighted by Gasteiger charge is -2.14. The van der Waals surface area contributed by atoms with E-state index in [1.807, 2.05) is 0 Å². The summed E-state index contributed by atoms with van der Waals surface area (Å²) < 4.78 is 4.55. The Morgan fingerprint density at radius 2 is 2.25 bits per heavy atom. The molecule has 2 atom stereocenters. The van der Waals surface area contributed by atoms with Crippen LogP contribution in [-0.4, -0.2) is 19.1 Å². The number of hydrogen-bond acceptors (Lipinski definition) is 3. The lowest BCUT2D eigenvalue weighted by Crippen LogP contribution is -2.33. The van der Waals surface area contributed by atoms with Gasteiger partial charge in [-0.2, -0.15) is 0 Å². The number of carbonyl (C=O) groups is 1. The lowest BCUT2D eigenvalue weighted by atomic mass is 9.98. The fraction of sp³-hybridized carbons (Fsp3) is 0.889. The fourth-order valence-electron chi connectivity index (χ4n) is 1.51. The lowest BCUT2D eigenvalue weighted by molar-refractivity contribution is -0.142. The average Bonchev–Trinajstić information content (AvgIpc) is 2.84. The third kappa shape index (κ3) is 2.48. The summed E-state index contributed by atoms with van der Waals surface area (Å²) in [5.41, 5.74) is 5.62. The number of carbonyl (C=O) groups excluding carboxylic acids is 1. The van der Waals surface area contributed by atoms with E-state index >= 15 is 0 Å². The summed E-state index contributed by atoms with van der Waals surface area (Å²) in [5, 5.41) is 0. The monoisotopic (exact) mass is 171 g/mol. The minimum atomic E-state index is -0.425. The summed E-state index contributed by atoms with van der Waals surface area (Å²) in [6, 6.07) is -0.425. The first-order valence-electron chi connectivity index (χ1n) is 4.48. The van der Waals surface area contributed by atoms with Gasteiger partial charge in [-0.05, 0) is 31.1 Å². The molecule has 0 heterocycles. The zero-order valence-corrected chi connectivity index (χ0v) is 7.75. The predicted molar refractivity (Wildman–Crippen MR) is 46.5 cm³/mol. The molecule has 0 saturated heterocycles. The SMILES string of the molecule is COC(=O)C(N)CC(C)C1CC1. The second-order valence-electron chi connectivity index (χ2n) is 3.68. The summed E-state index contributed by atoms with van der Waals surface area (Å²) in [7, 11) is 1.38. The van der Waals surface area contributed by atoms with Crippen molar-refractivity contribution in [1.29, 1.82) is 0 Å². The van der Waals surface area contributed by atoms with Gasteiger partial charge in [-0.1, -0.05) is 6.92 Å². The second kappa shape index (κ2) is 3.90. The van der Waals surface area contributed by atoms with Crippen molar-refractivity contribution in [3.63, 3.8) is 0 Å². The highest BCUT2D eigenvalue weighted by Gasteiger charge is 2.30. The normalized spacial score (nSPS) is 21.6. The highest BCUT2D eigenvalue weighted by atomic mass is 16.5. The molecule has 3 nitrogen and oxygen atoms in total. The molecule has 0 amide bonds. The molecule has 0 aliphatic heterocycles. The molecule has 1 aliphatic rings. The summed E-state index contributed by atoms with van der Waals surface area (Å²) in [5.74, 6) is 1.09. The van der Waals surface area contributed by atoms with Crippen LogP contribution in [0.5, 0.6) is 0 Å². The van der Waals surface area contributed by atoms with Gasteiger partial charge in [-0.25, -0.2) is 0 Å². The molecule has 70 valence electrons. The van der Waals surface area contributed by atoms with E-state index in [1.54, 1.807) is 0 Å². The Labute approximate surface area is 73.3 Å². The van der Waals surface area contributed by atoms with E-state index in [0.717, 1.165) is 12.3 Å². The molecule has 3 heteroatoms. The van der Waals surface area contributed by atoms with Crippen LogP contribution in [0, 0.1) is 11.8 Å². The van der Waals surface area contributed by atoms with E-state index in [0.29, 0.717) is 5.92 Å². The van der Waals surface area contributed by atoms with Crippen molar-refractivity contribution in [1.82, 2.24) is 0 Å². The topological polar surface area (TPSA) is 52.3 Å². The maximum atomic E-state index is 10.9. The molecule has 0 radical (unpaired) electrons. The molecule has 1 fully saturated rings. The van der Waals surface area contributed by atoms with Gasteiger partial charge in [-0.15, -0.1) is 0 Å². The molecular weight excluding hydrogens is 154 g/mol. The Hall–Kier alpha value is -0.570. The van der Waals surface area contributed by atoms with Crippen molar-refractivity contribution in [2.45, 2.75) is 32.2 Å². The van der Waals surface area contributed by atoms with Crippen LogP contribution in [0.15, 0.2) is 0 Å². The van der Waals surface area contributed by atoms with Gasteiger partial charge < -0.3 is 10.5 Å². The molecule has 1 aliphatic carbocycles. The number of ether oxygens (including phenoxy) is 1. The van der Waals surface area contributed by atoms with Crippen molar-refractivity contribution in [2.75, 3.05) is 7.11 Å². The molecule has 12 heavy (non-hydrogen) atoms. The van der Waals surface area contributed by atoms with E-state index in [2.05, 4.69) is 11.7 Å². The van der Waals surface area contributed by atoms with Crippen LogP contribution in [0.1, 0.15) is 26.2 Å². The van der Waals surface area contributed by atoms with Crippen molar-refractivity contribution >= 4 is 5.97 Å². The first-order valence-corrected chi connectivity index (χ1v) is 4.48. The van der Waals surface area contributed by atoms with Crippen LogP contribution < -0.4 is 5.73 Å². The minimum Gasteiger partial charge on any atom is -0.468 e. The molecule has 0 aromatic heterocycles. The second-order valence-corrected chi connectivity index (χ2v) is 3.68. The number of esters is 1. The highest BCUT2D eigenvalue weighted by Crippen LogP contribution is 2.38. The largest absolute Gasteiger partial charge is 0.468 e. The minimum absolute atomic E-state index is 0.289. The maximum absolute atomic E-state index is 10.9. The molecule has 0 bridgehead atoms. The third-order valence-electron chi connectivity index (χ3n) is 2.56. The molecule has 2 N–H and O–H groups in total. The van der Waals surface area contributed by atoms with Gasteiger partial charge >= 0.3 is 5.97 Å². The van der Waals surface area contributed by atoms with Gasteiger partial charge in [-0.3, -0.25) is 4.79 Å². The Bertz CT molecular complexity index is 166. The van der Waals surface area contributed by atoms with Crippen LogP contribution in [0.2, 0.25) is 0 Å². The third-order valence-corrected chi connectivity index (χ3v) is 2.56. The summed E-state index contributed by atoms with van der Waals surface area (Å²) >= 11 is 0. The number of methoxy groups -OCH3 is 1. The smallest absolute Gasteiger partial charge is 0.322 e. The quantitative estimate of drug-likeness (QED) is 0.640. The van der Waals surface area contributed by atoms with E-state index in [4.69, 9.17) is 5.73 Å². The molecular formula is C9H17NO2. The summed E-state index contributed by atoms with van der Waals surface area (Å²) in [6.07, 6.45) is 3.36. The van der Waals surface area contributed by atoms with Gasteiger partial charge in [0.1, 0.15) is 6.04 Å². The predicted octanol–water partition coefficient (Wildman–Crippen LogP) is 0.923. The van der Waals surface area contributed by atoms with Gasteiger partial charge in [0, 0.05) is 0 Å². The Kier molecular flexibility index (Phi) is 3.09. The van der Waals surface area contributed by atoms with Gasteiger partial charge in [0.15, 0.2) is 0 Å². The van der Waals surface area contributed by atoms with Crippen LogP contribution >= 0.6 is 0 Å². The molecule has 1 saturated carbocycles. The fourth-order valence-corrected chi connectivity index (χ4v) is 1.51. The highest BCUT2D eigenvalue weighted by molar-refractivity contribution is 5.75.